The molecule has 0 saturated heterocycles. The van der Waals surface area contributed by atoms with Crippen molar-refractivity contribution in [3.8, 4) is 0 Å². The molecule has 0 aliphatic rings. The SMILES string of the molecule is CCCC[C@H](CCC(C)=O)C(C)C. The summed E-state index contributed by atoms with van der Waals surface area (Å²) in [6, 6.07) is 0. The molecule has 0 heterocycles. The van der Waals surface area contributed by atoms with Crippen molar-refractivity contribution in [1.82, 2.24) is 0 Å². The molecule has 0 aromatic heterocycles. The molecule has 0 fully saturated rings. The first-order chi connectivity index (χ1) is 6.07. The van der Waals surface area contributed by atoms with Crippen LogP contribution in [0.15, 0.2) is 0 Å². The third kappa shape index (κ3) is 6.80. The fraction of sp³-hybridized carbons (Fsp3) is 0.917. The lowest BCUT2D eigenvalue weighted by atomic mass is 9.86. The molecule has 78 valence electrons. The molecule has 1 atom stereocenters. The lowest BCUT2D eigenvalue weighted by Gasteiger charge is -2.19. The number of Topliss-reactive ketones (excluding diaryl/α,β-unsaturated/α-hetero) is 1. The Morgan fingerprint density at radius 3 is 2.23 bits per heavy atom. The van der Waals surface area contributed by atoms with Gasteiger partial charge in [-0.1, -0.05) is 40.0 Å². The predicted molar refractivity (Wildman–Crippen MR) is 57.8 cm³/mol. The number of carbonyl (C=O) groups excluding carboxylic acids is 1. The van der Waals surface area contributed by atoms with E-state index in [9.17, 15) is 4.79 Å². The molecule has 13 heavy (non-hydrogen) atoms. The summed E-state index contributed by atoms with van der Waals surface area (Å²) in [5, 5.41) is 0. The van der Waals surface area contributed by atoms with E-state index in [4.69, 9.17) is 0 Å². The fourth-order valence-corrected chi connectivity index (χ4v) is 1.67. The van der Waals surface area contributed by atoms with E-state index in [1.54, 1.807) is 6.92 Å². The molecular formula is C12H24O. The summed E-state index contributed by atoms with van der Waals surface area (Å²) in [5.74, 6) is 1.82. The topological polar surface area (TPSA) is 17.1 Å². The van der Waals surface area contributed by atoms with Crippen LogP contribution in [0.2, 0.25) is 0 Å². The summed E-state index contributed by atoms with van der Waals surface area (Å²) in [6.07, 6.45) is 5.73. The van der Waals surface area contributed by atoms with Crippen LogP contribution in [0.3, 0.4) is 0 Å². The minimum Gasteiger partial charge on any atom is -0.300 e. The van der Waals surface area contributed by atoms with Crippen LogP contribution in [0.4, 0.5) is 0 Å². The normalized spacial score (nSPS) is 13.3. The standard InChI is InChI=1S/C12H24O/c1-5-6-7-12(10(2)3)9-8-11(4)13/h10,12H,5-9H2,1-4H3/t12-/m1/s1. The second-order valence-corrected chi connectivity index (χ2v) is 4.39. The number of ketones is 1. The minimum absolute atomic E-state index is 0.335. The van der Waals surface area contributed by atoms with Gasteiger partial charge in [-0.2, -0.15) is 0 Å². The summed E-state index contributed by atoms with van der Waals surface area (Å²) in [7, 11) is 0. The Bertz CT molecular complexity index is 138. The van der Waals surface area contributed by atoms with Crippen LogP contribution in [0.1, 0.15) is 59.8 Å². The highest BCUT2D eigenvalue weighted by Gasteiger charge is 2.12. The van der Waals surface area contributed by atoms with Gasteiger partial charge in [0.25, 0.3) is 0 Å². The van der Waals surface area contributed by atoms with Crippen molar-refractivity contribution in [1.29, 1.82) is 0 Å². The average Bonchev–Trinajstić information content (AvgIpc) is 2.03. The zero-order valence-corrected chi connectivity index (χ0v) is 9.60. The number of hydrogen-bond acceptors (Lipinski definition) is 1. The van der Waals surface area contributed by atoms with E-state index < -0.39 is 0 Å². The van der Waals surface area contributed by atoms with Crippen molar-refractivity contribution in [2.24, 2.45) is 11.8 Å². The molecule has 0 N–H and O–H groups in total. The Kier molecular flexibility index (Phi) is 6.93. The van der Waals surface area contributed by atoms with E-state index in [1.165, 1.54) is 19.3 Å². The first-order valence-corrected chi connectivity index (χ1v) is 5.57. The lowest BCUT2D eigenvalue weighted by Crippen LogP contribution is -2.10. The van der Waals surface area contributed by atoms with Gasteiger partial charge >= 0.3 is 0 Å². The summed E-state index contributed by atoms with van der Waals surface area (Å²) < 4.78 is 0. The van der Waals surface area contributed by atoms with Crippen molar-refractivity contribution in [2.45, 2.75) is 59.8 Å². The quantitative estimate of drug-likeness (QED) is 0.588. The molecule has 0 aliphatic heterocycles. The molecule has 0 saturated carbocycles. The van der Waals surface area contributed by atoms with Gasteiger partial charge in [-0.25, -0.2) is 0 Å². The maximum Gasteiger partial charge on any atom is 0.129 e. The zero-order chi connectivity index (χ0) is 10.3. The molecule has 0 bridgehead atoms. The first kappa shape index (κ1) is 12.7. The fourth-order valence-electron chi connectivity index (χ4n) is 1.67. The third-order valence-electron chi connectivity index (χ3n) is 2.74. The van der Waals surface area contributed by atoms with Crippen molar-refractivity contribution in [2.75, 3.05) is 0 Å². The number of rotatable bonds is 7. The summed E-state index contributed by atoms with van der Waals surface area (Å²) in [5.41, 5.74) is 0. The van der Waals surface area contributed by atoms with Gasteiger partial charge < -0.3 is 4.79 Å². The van der Waals surface area contributed by atoms with Crippen LogP contribution >= 0.6 is 0 Å². The molecule has 0 unspecified atom stereocenters. The molecule has 0 aromatic carbocycles. The van der Waals surface area contributed by atoms with Crippen LogP contribution in [-0.2, 0) is 4.79 Å². The maximum absolute atomic E-state index is 10.8. The lowest BCUT2D eigenvalue weighted by molar-refractivity contribution is -0.117. The predicted octanol–water partition coefficient (Wildman–Crippen LogP) is 3.82. The molecule has 0 radical (unpaired) electrons. The number of unbranched alkanes of at least 4 members (excludes halogenated alkanes) is 1. The summed E-state index contributed by atoms with van der Waals surface area (Å²) in [4.78, 5) is 10.8. The molecule has 1 nitrogen and oxygen atoms in total. The van der Waals surface area contributed by atoms with Gasteiger partial charge in [0.2, 0.25) is 0 Å². The Labute approximate surface area is 82.9 Å². The molecule has 0 spiro atoms. The highest BCUT2D eigenvalue weighted by atomic mass is 16.1. The van der Waals surface area contributed by atoms with Gasteiger partial charge in [-0.3, -0.25) is 0 Å². The molecule has 0 aliphatic carbocycles. The van der Waals surface area contributed by atoms with Gasteiger partial charge in [-0.15, -0.1) is 0 Å². The Morgan fingerprint density at radius 2 is 1.85 bits per heavy atom. The summed E-state index contributed by atoms with van der Waals surface area (Å²) in [6.45, 7) is 8.44. The van der Waals surface area contributed by atoms with Crippen molar-refractivity contribution in [3.63, 3.8) is 0 Å². The highest BCUT2D eigenvalue weighted by molar-refractivity contribution is 5.75. The van der Waals surface area contributed by atoms with Crippen LogP contribution in [0.25, 0.3) is 0 Å². The largest absolute Gasteiger partial charge is 0.300 e. The first-order valence-electron chi connectivity index (χ1n) is 5.57. The van der Waals surface area contributed by atoms with Crippen LogP contribution < -0.4 is 0 Å². The van der Waals surface area contributed by atoms with E-state index in [0.29, 0.717) is 5.78 Å². The van der Waals surface area contributed by atoms with Crippen LogP contribution in [-0.4, -0.2) is 5.78 Å². The number of hydrogen-bond donors (Lipinski definition) is 0. The van der Waals surface area contributed by atoms with Crippen LogP contribution in [0.5, 0.6) is 0 Å². The van der Waals surface area contributed by atoms with E-state index >= 15 is 0 Å². The Hall–Kier alpha value is -0.330. The second-order valence-electron chi connectivity index (χ2n) is 4.39. The number of carbonyl (C=O) groups is 1. The highest BCUT2D eigenvalue weighted by Crippen LogP contribution is 2.23. The molecule has 0 aromatic rings. The zero-order valence-electron chi connectivity index (χ0n) is 9.60. The maximum atomic E-state index is 10.8. The van der Waals surface area contributed by atoms with Crippen molar-refractivity contribution in [3.05, 3.63) is 0 Å². The average molecular weight is 184 g/mol. The van der Waals surface area contributed by atoms with Gasteiger partial charge in [0, 0.05) is 6.42 Å². The van der Waals surface area contributed by atoms with Gasteiger partial charge in [-0.05, 0) is 25.2 Å². The van der Waals surface area contributed by atoms with Gasteiger partial charge in [0.1, 0.15) is 5.78 Å². The minimum atomic E-state index is 0.335. The third-order valence-corrected chi connectivity index (χ3v) is 2.74. The van der Waals surface area contributed by atoms with E-state index in [1.807, 2.05) is 0 Å². The molecule has 0 amide bonds. The molecule has 0 rings (SSSR count). The van der Waals surface area contributed by atoms with E-state index in [0.717, 1.165) is 24.7 Å². The van der Waals surface area contributed by atoms with Crippen molar-refractivity contribution < 1.29 is 4.79 Å². The van der Waals surface area contributed by atoms with E-state index in [-0.39, 0.29) is 0 Å². The van der Waals surface area contributed by atoms with Gasteiger partial charge in [0.15, 0.2) is 0 Å². The van der Waals surface area contributed by atoms with Crippen LogP contribution in [0, 0.1) is 11.8 Å². The Morgan fingerprint density at radius 1 is 1.23 bits per heavy atom. The summed E-state index contributed by atoms with van der Waals surface area (Å²) >= 11 is 0. The smallest absolute Gasteiger partial charge is 0.129 e. The Balaban J connectivity index is 3.73. The monoisotopic (exact) mass is 184 g/mol. The second kappa shape index (κ2) is 7.11. The van der Waals surface area contributed by atoms with E-state index in [2.05, 4.69) is 20.8 Å². The molecule has 1 heteroatoms. The van der Waals surface area contributed by atoms with Crippen molar-refractivity contribution >= 4 is 5.78 Å². The van der Waals surface area contributed by atoms with Gasteiger partial charge in [0.05, 0.1) is 0 Å². The molecular weight excluding hydrogens is 160 g/mol.